The topological polar surface area (TPSA) is 53.4 Å². The summed E-state index contributed by atoms with van der Waals surface area (Å²) >= 11 is 0. The van der Waals surface area contributed by atoms with Crippen molar-refractivity contribution in [2.75, 3.05) is 34.2 Å². The van der Waals surface area contributed by atoms with Crippen molar-refractivity contribution in [2.45, 2.75) is 6.54 Å². The van der Waals surface area contributed by atoms with E-state index in [4.69, 9.17) is 0 Å². The highest BCUT2D eigenvalue weighted by Crippen LogP contribution is 2.21. The number of rotatable bonds is 6. The summed E-state index contributed by atoms with van der Waals surface area (Å²) in [6.07, 6.45) is 1.95. The third-order valence-electron chi connectivity index (χ3n) is 3.61. The zero-order valence-corrected chi connectivity index (χ0v) is 14.3. The number of carbonyl (C=O) groups excluding carboxylic acids is 1. The van der Waals surface area contributed by atoms with Crippen LogP contribution in [0, 0.1) is 0 Å². The first kappa shape index (κ1) is 17.0. The Hall–Kier alpha value is -2.34. The van der Waals surface area contributed by atoms with Gasteiger partial charge in [0, 0.05) is 51.1 Å². The van der Waals surface area contributed by atoms with Crippen molar-refractivity contribution >= 4 is 6.03 Å². The van der Waals surface area contributed by atoms with E-state index in [-0.39, 0.29) is 6.03 Å². The summed E-state index contributed by atoms with van der Waals surface area (Å²) in [4.78, 5) is 15.9. The zero-order chi connectivity index (χ0) is 16.8. The fourth-order valence-corrected chi connectivity index (χ4v) is 2.26. The second kappa shape index (κ2) is 7.78. The number of benzene rings is 1. The molecule has 1 aromatic heterocycles. The Morgan fingerprint density at radius 3 is 2.52 bits per heavy atom. The number of nitrogens with one attached hydrogen (secondary N) is 1. The minimum atomic E-state index is -0.0743. The summed E-state index contributed by atoms with van der Waals surface area (Å²) in [7, 11) is 7.68. The quantitative estimate of drug-likeness (QED) is 0.884. The molecule has 0 aliphatic carbocycles. The predicted octanol–water partition coefficient (Wildman–Crippen LogP) is 1.79. The van der Waals surface area contributed by atoms with E-state index in [0.717, 1.165) is 23.4 Å². The Balaban J connectivity index is 2.00. The second-order valence-electron chi connectivity index (χ2n) is 5.93. The number of nitrogens with zero attached hydrogens (tertiary/aromatic N) is 4. The molecule has 0 saturated heterocycles. The summed E-state index contributed by atoms with van der Waals surface area (Å²) in [5.74, 6) is 0. The fraction of sp³-hybridized carbons (Fsp3) is 0.412. The van der Waals surface area contributed by atoms with E-state index in [1.165, 1.54) is 0 Å². The summed E-state index contributed by atoms with van der Waals surface area (Å²) in [6.45, 7) is 1.99. The van der Waals surface area contributed by atoms with Crippen LogP contribution < -0.4 is 5.32 Å². The summed E-state index contributed by atoms with van der Waals surface area (Å²) < 4.78 is 1.78. The highest BCUT2D eigenvalue weighted by Gasteiger charge is 2.13. The van der Waals surface area contributed by atoms with Gasteiger partial charge in [-0.05, 0) is 14.1 Å². The molecule has 1 N–H and O–H groups in total. The molecule has 2 amide bonds. The van der Waals surface area contributed by atoms with Gasteiger partial charge in [-0.15, -0.1) is 0 Å². The van der Waals surface area contributed by atoms with Gasteiger partial charge in [-0.1, -0.05) is 30.3 Å². The molecule has 0 bridgehead atoms. The molecule has 0 unspecified atom stereocenters. The number of urea groups is 1. The molecule has 6 nitrogen and oxygen atoms in total. The van der Waals surface area contributed by atoms with Crippen molar-refractivity contribution in [3.05, 3.63) is 42.1 Å². The Kier molecular flexibility index (Phi) is 5.76. The zero-order valence-electron chi connectivity index (χ0n) is 14.3. The van der Waals surface area contributed by atoms with Crippen molar-refractivity contribution in [3.63, 3.8) is 0 Å². The smallest absolute Gasteiger partial charge is 0.317 e. The van der Waals surface area contributed by atoms with Gasteiger partial charge in [0.05, 0.1) is 5.69 Å². The van der Waals surface area contributed by atoms with Gasteiger partial charge < -0.3 is 15.1 Å². The van der Waals surface area contributed by atoms with E-state index >= 15 is 0 Å². The second-order valence-corrected chi connectivity index (χ2v) is 5.93. The van der Waals surface area contributed by atoms with Crippen LogP contribution in [0.2, 0.25) is 0 Å². The normalized spacial score (nSPS) is 10.8. The molecule has 0 saturated carbocycles. The number of amides is 2. The van der Waals surface area contributed by atoms with Crippen molar-refractivity contribution in [2.24, 2.45) is 7.05 Å². The van der Waals surface area contributed by atoms with Crippen LogP contribution in [-0.4, -0.2) is 59.8 Å². The van der Waals surface area contributed by atoms with E-state index < -0.39 is 0 Å². The van der Waals surface area contributed by atoms with E-state index in [1.54, 1.807) is 16.6 Å². The Morgan fingerprint density at radius 2 is 1.87 bits per heavy atom. The van der Waals surface area contributed by atoms with Gasteiger partial charge in [-0.2, -0.15) is 5.10 Å². The number of aryl methyl sites for hydroxylation is 1. The van der Waals surface area contributed by atoms with Gasteiger partial charge in [0.1, 0.15) is 0 Å². The van der Waals surface area contributed by atoms with Crippen molar-refractivity contribution in [3.8, 4) is 11.3 Å². The Morgan fingerprint density at radius 1 is 1.17 bits per heavy atom. The molecule has 124 valence electrons. The SMILES string of the molecule is CN(C)CCN(C)C(=O)NCc1cn(C)nc1-c1ccccc1. The summed E-state index contributed by atoms with van der Waals surface area (Å²) in [5, 5.41) is 7.47. The molecule has 6 heteroatoms. The molecule has 0 aliphatic heterocycles. The van der Waals surface area contributed by atoms with Crippen molar-refractivity contribution in [1.29, 1.82) is 0 Å². The highest BCUT2D eigenvalue weighted by atomic mass is 16.2. The molecule has 1 heterocycles. The molecule has 0 spiro atoms. The molecule has 0 radical (unpaired) electrons. The summed E-state index contributed by atoms with van der Waals surface area (Å²) in [6, 6.07) is 9.93. The van der Waals surface area contributed by atoms with Crippen LogP contribution in [0.3, 0.4) is 0 Å². The number of aromatic nitrogens is 2. The molecule has 1 aromatic carbocycles. The van der Waals surface area contributed by atoms with Gasteiger partial charge in [-0.25, -0.2) is 4.79 Å². The first-order valence-corrected chi connectivity index (χ1v) is 7.69. The molecular weight excluding hydrogens is 290 g/mol. The number of hydrogen-bond donors (Lipinski definition) is 1. The first-order chi connectivity index (χ1) is 11.0. The van der Waals surface area contributed by atoms with E-state index in [0.29, 0.717) is 13.1 Å². The lowest BCUT2D eigenvalue weighted by Crippen LogP contribution is -2.40. The molecule has 0 atom stereocenters. The third kappa shape index (κ3) is 4.82. The molecule has 0 fully saturated rings. The van der Waals surface area contributed by atoms with Crippen LogP contribution in [0.25, 0.3) is 11.3 Å². The number of likely N-dealkylation sites (N-methyl/N-ethyl adjacent to an activating group) is 2. The molecular formula is C17H25N5O. The van der Waals surface area contributed by atoms with E-state index in [2.05, 4.69) is 15.3 Å². The van der Waals surface area contributed by atoms with Crippen LogP contribution in [0.4, 0.5) is 4.79 Å². The Labute approximate surface area is 137 Å². The van der Waals surface area contributed by atoms with Crippen molar-refractivity contribution in [1.82, 2.24) is 24.9 Å². The average Bonchev–Trinajstić information content (AvgIpc) is 2.92. The fourth-order valence-electron chi connectivity index (χ4n) is 2.26. The van der Waals surface area contributed by atoms with Crippen molar-refractivity contribution < 1.29 is 4.79 Å². The summed E-state index contributed by atoms with van der Waals surface area (Å²) in [5.41, 5.74) is 2.97. The number of carbonyl (C=O) groups is 1. The van der Waals surface area contributed by atoms with E-state index in [9.17, 15) is 4.79 Å². The van der Waals surface area contributed by atoms with Gasteiger partial charge in [0.15, 0.2) is 0 Å². The van der Waals surface area contributed by atoms with Gasteiger partial charge >= 0.3 is 6.03 Å². The lowest BCUT2D eigenvalue weighted by molar-refractivity contribution is 0.203. The van der Waals surface area contributed by atoms with Gasteiger partial charge in [-0.3, -0.25) is 4.68 Å². The van der Waals surface area contributed by atoms with E-state index in [1.807, 2.05) is 57.7 Å². The van der Waals surface area contributed by atoms with Crippen LogP contribution >= 0.6 is 0 Å². The van der Waals surface area contributed by atoms with Gasteiger partial charge in [0.25, 0.3) is 0 Å². The average molecular weight is 315 g/mol. The maximum atomic E-state index is 12.2. The molecule has 2 aromatic rings. The molecule has 23 heavy (non-hydrogen) atoms. The minimum absolute atomic E-state index is 0.0743. The monoisotopic (exact) mass is 315 g/mol. The lowest BCUT2D eigenvalue weighted by Gasteiger charge is -2.20. The lowest BCUT2D eigenvalue weighted by atomic mass is 10.1. The largest absolute Gasteiger partial charge is 0.334 e. The van der Waals surface area contributed by atoms with Crippen LogP contribution in [0.1, 0.15) is 5.56 Å². The van der Waals surface area contributed by atoms with Crippen LogP contribution in [-0.2, 0) is 13.6 Å². The maximum Gasteiger partial charge on any atom is 0.317 e. The third-order valence-corrected chi connectivity index (χ3v) is 3.61. The highest BCUT2D eigenvalue weighted by molar-refractivity contribution is 5.74. The van der Waals surface area contributed by atoms with Gasteiger partial charge in [0.2, 0.25) is 0 Å². The Bertz CT molecular complexity index is 636. The molecule has 0 aliphatic rings. The first-order valence-electron chi connectivity index (χ1n) is 7.69. The molecule has 2 rings (SSSR count). The standard InChI is InChI=1S/C17H25N5O/c1-20(2)10-11-21(3)17(23)18-12-15-13-22(4)19-16(15)14-8-6-5-7-9-14/h5-9,13H,10-12H2,1-4H3,(H,18,23). The number of hydrogen-bond acceptors (Lipinski definition) is 3. The maximum absolute atomic E-state index is 12.2. The minimum Gasteiger partial charge on any atom is -0.334 e. The van der Waals surface area contributed by atoms with Crippen LogP contribution in [0.5, 0.6) is 0 Å². The van der Waals surface area contributed by atoms with Crippen LogP contribution in [0.15, 0.2) is 36.5 Å². The predicted molar refractivity (Wildman–Crippen MR) is 92.1 cm³/mol.